The molecule has 116 valence electrons. The summed E-state index contributed by atoms with van der Waals surface area (Å²) in [6.45, 7) is 1.08. The minimum absolute atomic E-state index is 0.0755. The average molecular weight is 325 g/mol. The van der Waals surface area contributed by atoms with Gasteiger partial charge in [-0.15, -0.1) is 5.10 Å². The number of hydrogen-bond acceptors (Lipinski definition) is 3. The Bertz CT molecular complexity index is 551. The van der Waals surface area contributed by atoms with Crippen LogP contribution >= 0.6 is 11.6 Å². The van der Waals surface area contributed by atoms with Gasteiger partial charge in [-0.25, -0.2) is 0 Å². The smallest absolute Gasteiger partial charge is 0.416 e. The van der Waals surface area contributed by atoms with Crippen LogP contribution in [0.15, 0.2) is 28.4 Å². The van der Waals surface area contributed by atoms with Gasteiger partial charge in [0.05, 0.1) is 11.8 Å². The second kappa shape index (κ2) is 8.10. The van der Waals surface area contributed by atoms with E-state index in [1.807, 2.05) is 0 Å². The molecule has 21 heavy (non-hydrogen) atoms. The van der Waals surface area contributed by atoms with Crippen molar-refractivity contribution >= 4 is 29.7 Å². The van der Waals surface area contributed by atoms with Crippen molar-refractivity contribution in [1.29, 1.82) is 0 Å². The van der Waals surface area contributed by atoms with Gasteiger partial charge in [-0.1, -0.05) is 11.6 Å². The van der Waals surface area contributed by atoms with E-state index in [4.69, 9.17) is 33.0 Å². The maximum atomic E-state index is 12.4. The van der Waals surface area contributed by atoms with Crippen LogP contribution < -0.4 is 11.5 Å². The third kappa shape index (κ3) is 8.47. The van der Waals surface area contributed by atoms with Gasteiger partial charge in [0.25, 0.3) is 5.97 Å². The molecule has 1 aromatic rings. The molecule has 0 spiro atoms. The van der Waals surface area contributed by atoms with Crippen LogP contribution in [-0.2, 0) is 11.0 Å². The SMILES string of the molecule is CC(=O)O.NC(N)=NN=Cc1cc(C(F)(F)F)ccc1Cl. The molecule has 0 aromatic heterocycles. The monoisotopic (exact) mass is 324 g/mol. The van der Waals surface area contributed by atoms with E-state index in [1.54, 1.807) is 0 Å². The van der Waals surface area contributed by atoms with Crippen molar-refractivity contribution in [2.75, 3.05) is 0 Å². The zero-order chi connectivity index (χ0) is 16.6. The molecule has 0 radical (unpaired) electrons. The zero-order valence-corrected chi connectivity index (χ0v) is 11.5. The van der Waals surface area contributed by atoms with E-state index in [9.17, 15) is 13.2 Å². The topological polar surface area (TPSA) is 114 Å². The van der Waals surface area contributed by atoms with E-state index >= 15 is 0 Å². The number of nitrogens with zero attached hydrogens (tertiary/aromatic N) is 2. The second-order valence-corrected chi connectivity index (χ2v) is 3.93. The lowest BCUT2D eigenvalue weighted by Gasteiger charge is -2.07. The van der Waals surface area contributed by atoms with E-state index in [0.717, 1.165) is 31.3 Å². The summed E-state index contributed by atoms with van der Waals surface area (Å²) in [6, 6.07) is 2.86. The van der Waals surface area contributed by atoms with Crippen LogP contribution in [0.1, 0.15) is 18.1 Å². The molecule has 1 rings (SSSR count). The van der Waals surface area contributed by atoms with Gasteiger partial charge >= 0.3 is 6.18 Å². The van der Waals surface area contributed by atoms with E-state index in [1.165, 1.54) is 0 Å². The van der Waals surface area contributed by atoms with E-state index in [0.29, 0.717) is 0 Å². The minimum Gasteiger partial charge on any atom is -0.481 e. The molecule has 0 aliphatic carbocycles. The Morgan fingerprint density at radius 2 is 1.90 bits per heavy atom. The summed E-state index contributed by atoms with van der Waals surface area (Å²) in [7, 11) is 0. The number of aliphatic carboxylic acids is 1. The van der Waals surface area contributed by atoms with Crippen molar-refractivity contribution in [3.05, 3.63) is 34.3 Å². The van der Waals surface area contributed by atoms with Gasteiger partial charge in [0.2, 0.25) is 5.96 Å². The first-order valence-corrected chi connectivity index (χ1v) is 5.60. The standard InChI is InChI=1S/C9H8ClF3N4.C2H4O2/c10-7-2-1-6(9(11,12)13)3-5(7)4-16-17-8(14)15;1-2(3)4/h1-4H,(H4,14,15,17);1H3,(H,3,4). The Hall–Kier alpha value is -2.29. The Morgan fingerprint density at radius 1 is 1.38 bits per heavy atom. The van der Waals surface area contributed by atoms with Gasteiger partial charge in [-0.2, -0.15) is 18.3 Å². The van der Waals surface area contributed by atoms with Crippen LogP contribution in [0.2, 0.25) is 5.02 Å². The molecule has 0 atom stereocenters. The number of alkyl halides is 3. The maximum Gasteiger partial charge on any atom is 0.416 e. The molecule has 0 aliphatic rings. The number of benzene rings is 1. The first-order valence-electron chi connectivity index (χ1n) is 5.22. The van der Waals surface area contributed by atoms with Gasteiger partial charge in [0.15, 0.2) is 0 Å². The number of rotatable bonds is 2. The fourth-order valence-corrected chi connectivity index (χ4v) is 1.14. The van der Waals surface area contributed by atoms with Crippen LogP contribution in [0.3, 0.4) is 0 Å². The molecule has 0 unspecified atom stereocenters. The molecular weight excluding hydrogens is 313 g/mol. The lowest BCUT2D eigenvalue weighted by atomic mass is 10.1. The minimum atomic E-state index is -4.44. The number of hydrogen-bond donors (Lipinski definition) is 3. The molecule has 0 heterocycles. The van der Waals surface area contributed by atoms with Crippen LogP contribution in [0, 0.1) is 0 Å². The summed E-state index contributed by atoms with van der Waals surface area (Å²) in [5, 5.41) is 14.2. The molecule has 1 aromatic carbocycles. The molecule has 0 saturated carbocycles. The van der Waals surface area contributed by atoms with Crippen molar-refractivity contribution in [3.8, 4) is 0 Å². The summed E-state index contributed by atoms with van der Waals surface area (Å²) in [4.78, 5) is 9.00. The Balaban J connectivity index is 0.000000885. The number of carbonyl (C=O) groups is 1. The van der Waals surface area contributed by atoms with E-state index in [2.05, 4.69) is 10.2 Å². The third-order valence-corrected chi connectivity index (χ3v) is 2.04. The fraction of sp³-hybridized carbons (Fsp3) is 0.182. The van der Waals surface area contributed by atoms with Gasteiger partial charge < -0.3 is 16.6 Å². The fourth-order valence-electron chi connectivity index (χ4n) is 0.977. The Labute approximate surface area is 122 Å². The molecule has 10 heteroatoms. The van der Waals surface area contributed by atoms with Crippen molar-refractivity contribution in [3.63, 3.8) is 0 Å². The largest absolute Gasteiger partial charge is 0.481 e. The molecular formula is C11H12ClF3N4O2. The van der Waals surface area contributed by atoms with Gasteiger partial charge in [0.1, 0.15) is 0 Å². The third-order valence-electron chi connectivity index (χ3n) is 1.69. The number of guanidine groups is 1. The van der Waals surface area contributed by atoms with Crippen molar-refractivity contribution in [1.82, 2.24) is 0 Å². The number of nitrogens with two attached hydrogens (primary N) is 2. The first-order chi connectivity index (χ1) is 9.54. The predicted octanol–water partition coefficient (Wildman–Crippen LogP) is 2.06. The van der Waals surface area contributed by atoms with E-state index < -0.39 is 17.7 Å². The normalized spacial score (nSPS) is 10.7. The summed E-state index contributed by atoms with van der Waals surface area (Å²) >= 11 is 5.69. The van der Waals surface area contributed by atoms with E-state index in [-0.39, 0.29) is 16.5 Å². The summed E-state index contributed by atoms with van der Waals surface area (Å²) < 4.78 is 37.2. The Morgan fingerprint density at radius 3 is 2.33 bits per heavy atom. The lowest BCUT2D eigenvalue weighted by molar-refractivity contribution is -0.137. The van der Waals surface area contributed by atoms with Crippen molar-refractivity contribution in [2.24, 2.45) is 21.7 Å². The van der Waals surface area contributed by atoms with Crippen LogP contribution in [0.5, 0.6) is 0 Å². The summed E-state index contributed by atoms with van der Waals surface area (Å²) in [6.07, 6.45) is -3.40. The molecule has 6 nitrogen and oxygen atoms in total. The van der Waals surface area contributed by atoms with Crippen LogP contribution in [0.25, 0.3) is 0 Å². The van der Waals surface area contributed by atoms with Gasteiger partial charge in [0, 0.05) is 17.5 Å². The second-order valence-electron chi connectivity index (χ2n) is 3.52. The Kier molecular flexibility index (Phi) is 7.22. The number of halogens is 4. The highest BCUT2D eigenvalue weighted by Crippen LogP contribution is 2.31. The molecule has 0 fully saturated rings. The number of carboxylic acids is 1. The highest BCUT2D eigenvalue weighted by atomic mass is 35.5. The molecule has 5 N–H and O–H groups in total. The first kappa shape index (κ1) is 18.7. The molecule has 0 amide bonds. The summed E-state index contributed by atoms with van der Waals surface area (Å²) in [5.41, 5.74) is 9.24. The average Bonchev–Trinajstić information content (AvgIpc) is 2.28. The highest BCUT2D eigenvalue weighted by Gasteiger charge is 2.30. The zero-order valence-electron chi connectivity index (χ0n) is 10.7. The van der Waals surface area contributed by atoms with Gasteiger partial charge in [-0.05, 0) is 18.2 Å². The van der Waals surface area contributed by atoms with Crippen molar-refractivity contribution < 1.29 is 23.1 Å². The highest BCUT2D eigenvalue weighted by molar-refractivity contribution is 6.33. The maximum absolute atomic E-state index is 12.4. The van der Waals surface area contributed by atoms with Gasteiger partial charge in [-0.3, -0.25) is 4.79 Å². The van der Waals surface area contributed by atoms with Crippen LogP contribution in [-0.4, -0.2) is 23.2 Å². The molecule has 0 saturated heterocycles. The quantitative estimate of drug-likeness (QED) is 0.439. The lowest BCUT2D eigenvalue weighted by Crippen LogP contribution is -2.21. The number of carboxylic acid groups (broad SMARTS) is 1. The molecule has 0 aliphatic heterocycles. The predicted molar refractivity (Wildman–Crippen MR) is 73.2 cm³/mol. The van der Waals surface area contributed by atoms with Crippen LogP contribution in [0.4, 0.5) is 13.2 Å². The van der Waals surface area contributed by atoms with Crippen molar-refractivity contribution in [2.45, 2.75) is 13.1 Å². The summed E-state index contributed by atoms with van der Waals surface area (Å²) in [5.74, 6) is -1.13. The molecule has 0 bridgehead atoms.